The van der Waals surface area contributed by atoms with E-state index in [9.17, 15) is 23.5 Å². The van der Waals surface area contributed by atoms with E-state index < -0.39 is 23.8 Å². The van der Waals surface area contributed by atoms with Gasteiger partial charge < -0.3 is 20.6 Å². The number of benzene rings is 1. The summed E-state index contributed by atoms with van der Waals surface area (Å²) in [6, 6.07) is 2.73. The van der Waals surface area contributed by atoms with Crippen molar-refractivity contribution in [2.75, 3.05) is 19.6 Å². The predicted molar refractivity (Wildman–Crippen MR) is 94.3 cm³/mol. The highest BCUT2D eigenvalue weighted by molar-refractivity contribution is 5.83. The number of carbonyl (C=O) groups is 2. The normalized spacial score (nSPS) is 21.6. The molecule has 0 saturated carbocycles. The molecular formula is C19H25F2N3O3. The van der Waals surface area contributed by atoms with Crippen LogP contribution in [0, 0.1) is 17.0 Å². The molecule has 1 aromatic carbocycles. The maximum absolute atomic E-state index is 13.4. The van der Waals surface area contributed by atoms with Crippen LogP contribution in [0.3, 0.4) is 0 Å². The van der Waals surface area contributed by atoms with E-state index in [1.54, 1.807) is 9.80 Å². The summed E-state index contributed by atoms with van der Waals surface area (Å²) in [4.78, 5) is 28.0. The van der Waals surface area contributed by atoms with Crippen LogP contribution in [0.4, 0.5) is 8.78 Å². The summed E-state index contributed by atoms with van der Waals surface area (Å²) in [7, 11) is 0. The molecule has 2 amide bonds. The summed E-state index contributed by atoms with van der Waals surface area (Å²) < 4.78 is 26.5. The van der Waals surface area contributed by atoms with E-state index >= 15 is 0 Å². The SMILES string of the molecule is C[C@H](O)[C@@H](N)C(=O)N1CCC2(CC1)CC(=O)N(Cc1ccc(F)c(F)c1)C2. The zero-order valence-electron chi connectivity index (χ0n) is 15.3. The van der Waals surface area contributed by atoms with Gasteiger partial charge >= 0.3 is 0 Å². The zero-order valence-corrected chi connectivity index (χ0v) is 15.3. The van der Waals surface area contributed by atoms with Crippen molar-refractivity contribution < 1.29 is 23.5 Å². The Morgan fingerprint density at radius 1 is 1.30 bits per heavy atom. The summed E-state index contributed by atoms with van der Waals surface area (Å²) >= 11 is 0. The van der Waals surface area contributed by atoms with Crippen LogP contribution in [0.1, 0.15) is 31.7 Å². The Bertz CT molecular complexity index is 733. The number of piperidine rings is 1. The standard InChI is InChI=1S/C19H25F2N3O3/c1-12(25)17(22)18(27)23-6-4-19(5-7-23)9-16(26)24(11-19)10-13-2-3-14(20)15(21)8-13/h2-3,8,12,17,25H,4-7,9-11,22H2,1H3/t12-,17+/m0/s1. The number of nitrogens with two attached hydrogens (primary N) is 1. The van der Waals surface area contributed by atoms with E-state index in [1.807, 2.05) is 0 Å². The molecule has 8 heteroatoms. The molecule has 2 saturated heterocycles. The first-order valence-corrected chi connectivity index (χ1v) is 9.15. The van der Waals surface area contributed by atoms with Gasteiger partial charge in [-0.3, -0.25) is 9.59 Å². The van der Waals surface area contributed by atoms with Gasteiger partial charge in [0.05, 0.1) is 6.10 Å². The van der Waals surface area contributed by atoms with Gasteiger partial charge in [0.25, 0.3) is 0 Å². The number of hydrogen-bond acceptors (Lipinski definition) is 4. The molecule has 2 fully saturated rings. The largest absolute Gasteiger partial charge is 0.391 e. The van der Waals surface area contributed by atoms with Gasteiger partial charge in [0.15, 0.2) is 11.6 Å². The third-order valence-electron chi connectivity index (χ3n) is 5.70. The molecular weight excluding hydrogens is 356 g/mol. The Kier molecular flexibility index (Phi) is 5.48. The smallest absolute Gasteiger partial charge is 0.242 e. The van der Waals surface area contributed by atoms with Crippen LogP contribution in [-0.2, 0) is 16.1 Å². The topological polar surface area (TPSA) is 86.9 Å². The Labute approximate surface area is 156 Å². The molecule has 0 bridgehead atoms. The highest BCUT2D eigenvalue weighted by atomic mass is 19.2. The minimum atomic E-state index is -0.936. The van der Waals surface area contributed by atoms with Gasteiger partial charge in [-0.15, -0.1) is 0 Å². The third-order valence-corrected chi connectivity index (χ3v) is 5.70. The Morgan fingerprint density at radius 3 is 2.56 bits per heavy atom. The lowest BCUT2D eigenvalue weighted by Gasteiger charge is -2.39. The van der Waals surface area contributed by atoms with E-state index in [0.29, 0.717) is 44.5 Å². The summed E-state index contributed by atoms with van der Waals surface area (Å²) in [5.41, 5.74) is 6.07. The maximum atomic E-state index is 13.4. The number of carbonyl (C=O) groups excluding carboxylic acids is 2. The van der Waals surface area contributed by atoms with Crippen molar-refractivity contribution in [1.82, 2.24) is 9.80 Å². The van der Waals surface area contributed by atoms with Crippen molar-refractivity contribution in [3.63, 3.8) is 0 Å². The minimum absolute atomic E-state index is 0.0137. The summed E-state index contributed by atoms with van der Waals surface area (Å²) in [6.45, 7) is 3.25. The zero-order chi connectivity index (χ0) is 19.8. The van der Waals surface area contributed by atoms with Gasteiger partial charge in [0, 0.05) is 38.0 Å². The molecule has 2 aliphatic rings. The van der Waals surface area contributed by atoms with Crippen LogP contribution in [0.15, 0.2) is 18.2 Å². The van der Waals surface area contributed by atoms with Gasteiger partial charge in [-0.25, -0.2) is 8.78 Å². The van der Waals surface area contributed by atoms with Gasteiger partial charge in [-0.1, -0.05) is 6.07 Å². The quantitative estimate of drug-likeness (QED) is 0.815. The lowest BCUT2D eigenvalue weighted by atomic mass is 9.77. The van der Waals surface area contributed by atoms with Gasteiger partial charge in [0.1, 0.15) is 6.04 Å². The fourth-order valence-corrected chi connectivity index (χ4v) is 3.94. The first-order chi connectivity index (χ1) is 12.7. The van der Waals surface area contributed by atoms with Crippen LogP contribution < -0.4 is 5.73 Å². The molecule has 3 rings (SSSR count). The first kappa shape index (κ1) is 19.7. The van der Waals surface area contributed by atoms with Crippen molar-refractivity contribution in [2.24, 2.45) is 11.1 Å². The summed E-state index contributed by atoms with van der Waals surface area (Å²) in [5, 5.41) is 9.50. The molecule has 0 aromatic heterocycles. The number of hydrogen-bond donors (Lipinski definition) is 2. The molecule has 1 aromatic rings. The first-order valence-electron chi connectivity index (χ1n) is 9.15. The van der Waals surface area contributed by atoms with Gasteiger partial charge in [-0.2, -0.15) is 0 Å². The molecule has 27 heavy (non-hydrogen) atoms. The molecule has 148 valence electrons. The maximum Gasteiger partial charge on any atom is 0.242 e. The van der Waals surface area contributed by atoms with Crippen LogP contribution in [0.2, 0.25) is 0 Å². The van der Waals surface area contributed by atoms with Gasteiger partial charge in [0.2, 0.25) is 11.8 Å². The van der Waals surface area contributed by atoms with Crippen LogP contribution in [-0.4, -0.2) is 58.5 Å². The minimum Gasteiger partial charge on any atom is -0.391 e. The molecule has 0 radical (unpaired) electrons. The average Bonchev–Trinajstić information content (AvgIpc) is 2.92. The molecule has 1 spiro atoms. The molecule has 2 aliphatic heterocycles. The predicted octanol–water partition coefficient (Wildman–Crippen LogP) is 1.01. The second-order valence-electron chi connectivity index (χ2n) is 7.77. The Hall–Kier alpha value is -2.06. The lowest BCUT2D eigenvalue weighted by molar-refractivity contribution is -0.137. The number of aliphatic hydroxyl groups is 1. The average molecular weight is 381 g/mol. The molecule has 0 aliphatic carbocycles. The summed E-state index contributed by atoms with van der Waals surface area (Å²) in [6.07, 6.45) is 0.825. The van der Waals surface area contributed by atoms with E-state index in [4.69, 9.17) is 5.73 Å². The van der Waals surface area contributed by atoms with Crippen molar-refractivity contribution >= 4 is 11.8 Å². The number of aliphatic hydroxyl groups excluding tert-OH is 1. The van der Waals surface area contributed by atoms with Crippen molar-refractivity contribution in [3.05, 3.63) is 35.4 Å². The Balaban J connectivity index is 1.60. The lowest BCUT2D eigenvalue weighted by Crippen LogP contribution is -2.53. The van der Waals surface area contributed by atoms with E-state index in [2.05, 4.69) is 0 Å². The van der Waals surface area contributed by atoms with E-state index in [1.165, 1.54) is 13.0 Å². The van der Waals surface area contributed by atoms with Crippen molar-refractivity contribution in [2.45, 2.75) is 44.9 Å². The van der Waals surface area contributed by atoms with Crippen LogP contribution >= 0.6 is 0 Å². The molecule has 2 atom stereocenters. The van der Waals surface area contributed by atoms with Crippen LogP contribution in [0.5, 0.6) is 0 Å². The molecule has 2 heterocycles. The number of likely N-dealkylation sites (tertiary alicyclic amines) is 2. The highest BCUT2D eigenvalue weighted by Crippen LogP contribution is 2.41. The number of rotatable bonds is 4. The highest BCUT2D eigenvalue weighted by Gasteiger charge is 2.45. The fourth-order valence-electron chi connectivity index (χ4n) is 3.94. The van der Waals surface area contributed by atoms with E-state index in [0.717, 1.165) is 12.1 Å². The van der Waals surface area contributed by atoms with Gasteiger partial charge in [-0.05, 0) is 37.5 Å². The second-order valence-corrected chi connectivity index (χ2v) is 7.77. The number of nitrogens with zero attached hydrogens (tertiary/aromatic N) is 2. The second kappa shape index (κ2) is 7.52. The molecule has 3 N–H and O–H groups in total. The number of halogens is 2. The molecule has 6 nitrogen and oxygen atoms in total. The van der Waals surface area contributed by atoms with Crippen molar-refractivity contribution in [1.29, 1.82) is 0 Å². The van der Waals surface area contributed by atoms with Crippen LogP contribution in [0.25, 0.3) is 0 Å². The van der Waals surface area contributed by atoms with E-state index in [-0.39, 0.29) is 23.8 Å². The van der Waals surface area contributed by atoms with Crippen molar-refractivity contribution in [3.8, 4) is 0 Å². The Morgan fingerprint density at radius 2 is 1.96 bits per heavy atom. The molecule has 0 unspecified atom stereocenters. The number of amides is 2. The summed E-state index contributed by atoms with van der Waals surface area (Å²) in [5.74, 6) is -2.12. The third kappa shape index (κ3) is 4.11. The fraction of sp³-hybridized carbons (Fsp3) is 0.579. The monoisotopic (exact) mass is 381 g/mol.